The van der Waals surface area contributed by atoms with Gasteiger partial charge in [-0.1, -0.05) is 0 Å². The average Bonchev–Trinajstić information content (AvgIpc) is 2.98. The minimum atomic E-state index is -0.333. The molecular weight excluding hydrogens is 253 g/mol. The van der Waals surface area contributed by atoms with E-state index in [4.69, 9.17) is 13.7 Å². The third-order valence-corrected chi connectivity index (χ3v) is 4.87. The Labute approximate surface area is 121 Å². The summed E-state index contributed by atoms with van der Waals surface area (Å²) in [4.78, 5) is 2.29. The molecule has 0 aliphatic carbocycles. The van der Waals surface area contributed by atoms with E-state index < -0.39 is 0 Å². The lowest BCUT2D eigenvalue weighted by Gasteiger charge is -2.32. The minimum Gasteiger partial charge on any atom is -0.446 e. The second-order valence-corrected chi connectivity index (χ2v) is 6.88. The van der Waals surface area contributed by atoms with Crippen LogP contribution in [0.4, 0.5) is 5.88 Å². The van der Waals surface area contributed by atoms with Crippen LogP contribution in [0.15, 0.2) is 10.5 Å². The SMILES string of the molecule is Cc1oc(N2CCCC2)cc1B1OC(C)(C)C(C)(C)O1. The highest BCUT2D eigenvalue weighted by Gasteiger charge is 2.52. The Morgan fingerprint density at radius 1 is 1.05 bits per heavy atom. The van der Waals surface area contributed by atoms with Crippen molar-refractivity contribution in [2.75, 3.05) is 18.0 Å². The summed E-state index contributed by atoms with van der Waals surface area (Å²) < 4.78 is 18.1. The molecule has 0 amide bonds. The second-order valence-electron chi connectivity index (χ2n) is 6.88. The maximum Gasteiger partial charge on any atom is 0.498 e. The molecule has 20 heavy (non-hydrogen) atoms. The Morgan fingerprint density at radius 3 is 2.15 bits per heavy atom. The van der Waals surface area contributed by atoms with E-state index in [1.807, 2.05) is 6.92 Å². The van der Waals surface area contributed by atoms with Crippen molar-refractivity contribution < 1.29 is 13.7 Å². The molecule has 0 radical (unpaired) electrons. The van der Waals surface area contributed by atoms with Gasteiger partial charge in [-0.25, -0.2) is 0 Å². The Balaban J connectivity index is 1.85. The van der Waals surface area contributed by atoms with Gasteiger partial charge in [0.25, 0.3) is 0 Å². The predicted octanol–water partition coefficient (Wildman–Crippen LogP) is 2.49. The van der Waals surface area contributed by atoms with Crippen LogP contribution in [0.3, 0.4) is 0 Å². The van der Waals surface area contributed by atoms with E-state index in [0.717, 1.165) is 30.2 Å². The largest absolute Gasteiger partial charge is 0.498 e. The Hall–Kier alpha value is -0.935. The number of anilines is 1. The molecule has 0 atom stereocenters. The molecular formula is C15H24BNO3. The Bertz CT molecular complexity index is 487. The molecule has 3 heterocycles. The molecule has 0 spiro atoms. The highest BCUT2D eigenvalue weighted by Crippen LogP contribution is 2.37. The fourth-order valence-electron chi connectivity index (χ4n) is 2.78. The maximum atomic E-state index is 6.11. The van der Waals surface area contributed by atoms with Gasteiger partial charge in [0.15, 0.2) is 5.88 Å². The van der Waals surface area contributed by atoms with Crippen LogP contribution in [0, 0.1) is 6.92 Å². The van der Waals surface area contributed by atoms with Crippen LogP contribution in [0.2, 0.25) is 0 Å². The predicted molar refractivity (Wildman–Crippen MR) is 80.6 cm³/mol. The molecule has 2 aliphatic heterocycles. The first-order valence-corrected chi connectivity index (χ1v) is 7.51. The van der Waals surface area contributed by atoms with Crippen LogP contribution in [0.5, 0.6) is 0 Å². The van der Waals surface area contributed by atoms with Crippen molar-refractivity contribution >= 4 is 18.5 Å². The average molecular weight is 277 g/mol. The summed E-state index contributed by atoms with van der Waals surface area (Å²) in [5, 5.41) is 0. The van der Waals surface area contributed by atoms with Gasteiger partial charge in [-0.2, -0.15) is 0 Å². The van der Waals surface area contributed by atoms with Gasteiger partial charge in [0, 0.05) is 24.6 Å². The van der Waals surface area contributed by atoms with Crippen LogP contribution in [0.1, 0.15) is 46.3 Å². The van der Waals surface area contributed by atoms with Gasteiger partial charge in [-0.3, -0.25) is 0 Å². The van der Waals surface area contributed by atoms with Gasteiger partial charge in [-0.15, -0.1) is 0 Å². The van der Waals surface area contributed by atoms with Gasteiger partial charge in [0.2, 0.25) is 0 Å². The molecule has 110 valence electrons. The molecule has 1 aromatic rings. The number of aryl methyl sites for hydroxylation is 1. The topological polar surface area (TPSA) is 34.8 Å². The van der Waals surface area contributed by atoms with Crippen LogP contribution < -0.4 is 10.4 Å². The third kappa shape index (κ3) is 2.17. The fraction of sp³-hybridized carbons (Fsp3) is 0.733. The lowest BCUT2D eigenvalue weighted by atomic mass is 9.79. The van der Waals surface area contributed by atoms with Gasteiger partial charge < -0.3 is 18.6 Å². The Morgan fingerprint density at radius 2 is 1.60 bits per heavy atom. The summed E-state index contributed by atoms with van der Waals surface area (Å²) in [6.07, 6.45) is 2.48. The van der Waals surface area contributed by atoms with Crippen LogP contribution in [0.25, 0.3) is 0 Å². The lowest BCUT2D eigenvalue weighted by Crippen LogP contribution is -2.41. The summed E-state index contributed by atoms with van der Waals surface area (Å²) >= 11 is 0. The molecule has 0 saturated carbocycles. The van der Waals surface area contributed by atoms with E-state index in [1.54, 1.807) is 0 Å². The molecule has 3 rings (SSSR count). The van der Waals surface area contributed by atoms with Crippen molar-refractivity contribution in [3.63, 3.8) is 0 Å². The zero-order valence-electron chi connectivity index (χ0n) is 13.2. The molecule has 2 fully saturated rings. The smallest absolute Gasteiger partial charge is 0.446 e. The molecule has 0 N–H and O–H groups in total. The number of rotatable bonds is 2. The summed E-state index contributed by atoms with van der Waals surface area (Å²) in [6.45, 7) is 12.4. The van der Waals surface area contributed by atoms with E-state index in [2.05, 4.69) is 38.7 Å². The second kappa shape index (κ2) is 4.53. The highest BCUT2D eigenvalue weighted by molar-refractivity contribution is 6.62. The van der Waals surface area contributed by atoms with E-state index in [9.17, 15) is 0 Å². The summed E-state index contributed by atoms with van der Waals surface area (Å²) in [5.74, 6) is 1.84. The normalized spacial score (nSPS) is 24.6. The summed E-state index contributed by atoms with van der Waals surface area (Å²) in [5.41, 5.74) is 0.398. The molecule has 2 saturated heterocycles. The van der Waals surface area contributed by atoms with Crippen molar-refractivity contribution in [1.82, 2.24) is 0 Å². The summed E-state index contributed by atoms with van der Waals surface area (Å²) in [7, 11) is -0.333. The van der Waals surface area contributed by atoms with E-state index in [0.29, 0.717) is 0 Å². The van der Waals surface area contributed by atoms with Crippen molar-refractivity contribution in [2.24, 2.45) is 0 Å². The molecule has 0 bridgehead atoms. The lowest BCUT2D eigenvalue weighted by molar-refractivity contribution is 0.00578. The van der Waals surface area contributed by atoms with E-state index >= 15 is 0 Å². The van der Waals surface area contributed by atoms with Crippen LogP contribution in [-0.2, 0) is 9.31 Å². The fourth-order valence-corrected chi connectivity index (χ4v) is 2.78. The van der Waals surface area contributed by atoms with Crippen molar-refractivity contribution in [3.8, 4) is 0 Å². The molecule has 5 heteroatoms. The van der Waals surface area contributed by atoms with Crippen LogP contribution in [-0.4, -0.2) is 31.4 Å². The molecule has 0 unspecified atom stereocenters. The first-order valence-electron chi connectivity index (χ1n) is 7.51. The quantitative estimate of drug-likeness (QED) is 0.778. The molecule has 4 nitrogen and oxygen atoms in total. The zero-order valence-corrected chi connectivity index (χ0v) is 13.2. The first kappa shape index (κ1) is 14.0. The van der Waals surface area contributed by atoms with Crippen LogP contribution >= 0.6 is 0 Å². The molecule has 1 aromatic heterocycles. The van der Waals surface area contributed by atoms with Gasteiger partial charge in [0.05, 0.1) is 11.2 Å². The van der Waals surface area contributed by atoms with Crippen molar-refractivity contribution in [1.29, 1.82) is 0 Å². The van der Waals surface area contributed by atoms with Gasteiger partial charge in [0.1, 0.15) is 5.76 Å². The number of hydrogen-bond acceptors (Lipinski definition) is 4. The van der Waals surface area contributed by atoms with E-state index in [-0.39, 0.29) is 18.3 Å². The van der Waals surface area contributed by atoms with Gasteiger partial charge in [-0.05, 0) is 47.5 Å². The third-order valence-electron chi connectivity index (χ3n) is 4.87. The zero-order chi connectivity index (χ0) is 14.5. The van der Waals surface area contributed by atoms with Crippen molar-refractivity contribution in [3.05, 3.63) is 11.8 Å². The van der Waals surface area contributed by atoms with Gasteiger partial charge >= 0.3 is 7.12 Å². The standard InChI is InChI=1S/C15H24BNO3/c1-11-12(10-13(18-11)17-8-6-7-9-17)16-19-14(2,3)15(4,5)20-16/h10H,6-9H2,1-5H3. The minimum absolute atomic E-state index is 0.310. The highest BCUT2D eigenvalue weighted by atomic mass is 16.7. The maximum absolute atomic E-state index is 6.11. The number of furan rings is 1. The number of nitrogens with zero attached hydrogens (tertiary/aromatic N) is 1. The molecule has 0 aromatic carbocycles. The first-order chi connectivity index (χ1) is 9.30. The molecule has 2 aliphatic rings. The summed E-state index contributed by atoms with van der Waals surface area (Å²) in [6, 6.07) is 2.09. The van der Waals surface area contributed by atoms with Crippen molar-refractivity contribution in [2.45, 2.75) is 58.7 Å². The number of hydrogen-bond donors (Lipinski definition) is 0. The monoisotopic (exact) mass is 277 g/mol. The van der Waals surface area contributed by atoms with E-state index in [1.165, 1.54) is 12.8 Å². The Kier molecular flexibility index (Phi) is 3.18.